The Bertz CT molecular complexity index is 566. The summed E-state index contributed by atoms with van der Waals surface area (Å²) in [6, 6.07) is 5.62. The lowest BCUT2D eigenvalue weighted by Crippen LogP contribution is -2.42. The van der Waals surface area contributed by atoms with Gasteiger partial charge in [-0.3, -0.25) is 4.79 Å². The Morgan fingerprint density at radius 3 is 2.53 bits per heavy atom. The van der Waals surface area contributed by atoms with Crippen LogP contribution >= 0.6 is 0 Å². The van der Waals surface area contributed by atoms with E-state index in [1.54, 1.807) is 12.1 Å². The minimum atomic E-state index is -3.72. The summed E-state index contributed by atoms with van der Waals surface area (Å²) in [6.45, 7) is 1.95. The molecule has 0 amide bonds. The maximum atomic E-state index is 12.1. The molecule has 0 aliphatic carbocycles. The van der Waals surface area contributed by atoms with Crippen molar-refractivity contribution in [1.82, 2.24) is 4.72 Å². The summed E-state index contributed by atoms with van der Waals surface area (Å²) in [4.78, 5) is 11.1. The van der Waals surface area contributed by atoms with Gasteiger partial charge in [-0.15, -0.1) is 0 Å². The van der Waals surface area contributed by atoms with E-state index < -0.39 is 28.0 Å². The number of hydrogen-bond acceptors (Lipinski definition) is 4. The van der Waals surface area contributed by atoms with Crippen LogP contribution in [0.3, 0.4) is 0 Å². The summed E-state index contributed by atoms with van der Waals surface area (Å²) in [5.41, 5.74) is 0.951. The van der Waals surface area contributed by atoms with E-state index in [1.165, 1.54) is 12.1 Å². The second-order valence-electron chi connectivity index (χ2n) is 4.52. The molecule has 1 saturated heterocycles. The fourth-order valence-electron chi connectivity index (χ4n) is 1.90. The number of hydrogen-bond donors (Lipinski definition) is 2. The first kappa shape index (κ1) is 14.0. The van der Waals surface area contributed by atoms with Crippen LogP contribution in [0.1, 0.15) is 5.56 Å². The molecule has 2 N–H and O–H groups in total. The van der Waals surface area contributed by atoms with Gasteiger partial charge in [-0.2, -0.15) is 0 Å². The van der Waals surface area contributed by atoms with Crippen LogP contribution < -0.4 is 4.72 Å². The third kappa shape index (κ3) is 3.12. The first-order valence-electron chi connectivity index (χ1n) is 5.80. The second kappa shape index (κ2) is 5.28. The highest BCUT2D eigenvalue weighted by Gasteiger charge is 2.36. The molecule has 2 rings (SSSR count). The van der Waals surface area contributed by atoms with E-state index in [1.807, 2.05) is 6.92 Å². The average Bonchev–Trinajstić information content (AvgIpc) is 2.77. The van der Waals surface area contributed by atoms with Crippen molar-refractivity contribution >= 4 is 16.0 Å². The van der Waals surface area contributed by atoms with Crippen LogP contribution in [0.15, 0.2) is 29.2 Å². The molecule has 0 bridgehead atoms. The molecule has 2 unspecified atom stereocenters. The summed E-state index contributed by atoms with van der Waals surface area (Å²) in [6.07, 6.45) is 0. The van der Waals surface area contributed by atoms with E-state index in [-0.39, 0.29) is 18.1 Å². The number of carboxylic acid groups (broad SMARTS) is 1. The lowest BCUT2D eigenvalue weighted by atomic mass is 10.1. The third-order valence-corrected chi connectivity index (χ3v) is 4.54. The Hall–Kier alpha value is -1.44. The molecule has 1 heterocycles. The fourth-order valence-corrected chi connectivity index (χ4v) is 3.16. The molecule has 1 aliphatic rings. The predicted octanol–water partition coefficient (Wildman–Crippen LogP) is 0.373. The molecule has 1 aliphatic heterocycles. The number of sulfonamides is 1. The number of carboxylic acids is 1. The number of ether oxygens (including phenoxy) is 1. The summed E-state index contributed by atoms with van der Waals surface area (Å²) in [5, 5.41) is 8.97. The monoisotopic (exact) mass is 285 g/mol. The van der Waals surface area contributed by atoms with Crippen LogP contribution in [0.25, 0.3) is 0 Å². The van der Waals surface area contributed by atoms with Gasteiger partial charge in [-0.05, 0) is 19.1 Å². The summed E-state index contributed by atoms with van der Waals surface area (Å²) in [5.74, 6) is -1.91. The van der Waals surface area contributed by atoms with Gasteiger partial charge < -0.3 is 9.84 Å². The topological polar surface area (TPSA) is 92.7 Å². The average molecular weight is 285 g/mol. The minimum Gasteiger partial charge on any atom is -0.481 e. The zero-order chi connectivity index (χ0) is 14.0. The second-order valence-corrected chi connectivity index (χ2v) is 6.24. The van der Waals surface area contributed by atoms with Crippen molar-refractivity contribution in [1.29, 1.82) is 0 Å². The highest BCUT2D eigenvalue weighted by Crippen LogP contribution is 2.17. The number of benzene rings is 1. The maximum Gasteiger partial charge on any atom is 0.310 e. The molecule has 7 heteroatoms. The molecule has 2 atom stereocenters. The van der Waals surface area contributed by atoms with Gasteiger partial charge in [0.2, 0.25) is 10.0 Å². The van der Waals surface area contributed by atoms with Crippen LogP contribution in [-0.4, -0.2) is 38.7 Å². The lowest BCUT2D eigenvalue weighted by molar-refractivity contribution is -0.142. The number of carbonyl (C=O) groups is 1. The van der Waals surface area contributed by atoms with Gasteiger partial charge in [-0.1, -0.05) is 17.7 Å². The van der Waals surface area contributed by atoms with Crippen molar-refractivity contribution in [3.05, 3.63) is 29.8 Å². The molecule has 0 spiro atoms. The van der Waals surface area contributed by atoms with E-state index in [0.29, 0.717) is 0 Å². The van der Waals surface area contributed by atoms with Crippen molar-refractivity contribution in [2.24, 2.45) is 5.92 Å². The first-order valence-corrected chi connectivity index (χ1v) is 7.28. The van der Waals surface area contributed by atoms with Gasteiger partial charge in [0.1, 0.15) is 0 Å². The van der Waals surface area contributed by atoms with Crippen molar-refractivity contribution in [2.75, 3.05) is 13.2 Å². The van der Waals surface area contributed by atoms with E-state index >= 15 is 0 Å². The van der Waals surface area contributed by atoms with Gasteiger partial charge in [0.25, 0.3) is 0 Å². The van der Waals surface area contributed by atoms with Gasteiger partial charge in [-0.25, -0.2) is 13.1 Å². The molecule has 0 aromatic heterocycles. The predicted molar refractivity (Wildman–Crippen MR) is 67.2 cm³/mol. The van der Waals surface area contributed by atoms with Crippen molar-refractivity contribution < 1.29 is 23.1 Å². The molecule has 19 heavy (non-hydrogen) atoms. The zero-order valence-corrected chi connectivity index (χ0v) is 11.2. The molecule has 0 saturated carbocycles. The number of nitrogens with one attached hydrogen (secondary N) is 1. The first-order chi connectivity index (χ1) is 8.90. The molecule has 0 radical (unpaired) electrons. The summed E-state index contributed by atoms with van der Waals surface area (Å²) in [7, 11) is -3.72. The molecule has 104 valence electrons. The Balaban J connectivity index is 2.17. The standard InChI is InChI=1S/C12H15NO5S/c1-8-2-4-9(5-3-8)19(16,17)13-11-7-18-6-10(11)12(14)15/h2-5,10-11,13H,6-7H2,1H3,(H,14,15). The van der Waals surface area contributed by atoms with Crippen LogP contribution in [0.4, 0.5) is 0 Å². The lowest BCUT2D eigenvalue weighted by Gasteiger charge is -2.15. The number of aliphatic carboxylic acids is 1. The Kier molecular flexibility index (Phi) is 3.88. The highest BCUT2D eigenvalue weighted by atomic mass is 32.2. The zero-order valence-electron chi connectivity index (χ0n) is 10.4. The van der Waals surface area contributed by atoms with Gasteiger partial charge in [0, 0.05) is 0 Å². The van der Waals surface area contributed by atoms with Crippen LogP contribution in [0.5, 0.6) is 0 Å². The van der Waals surface area contributed by atoms with E-state index in [9.17, 15) is 13.2 Å². The van der Waals surface area contributed by atoms with Gasteiger partial charge in [0.05, 0.1) is 30.1 Å². The largest absolute Gasteiger partial charge is 0.481 e. The molecular formula is C12H15NO5S. The Labute approximate surface area is 111 Å². The van der Waals surface area contributed by atoms with Crippen LogP contribution in [-0.2, 0) is 19.6 Å². The third-order valence-electron chi connectivity index (χ3n) is 3.04. The smallest absolute Gasteiger partial charge is 0.310 e. The van der Waals surface area contributed by atoms with Crippen molar-refractivity contribution in [3.63, 3.8) is 0 Å². The summed E-state index contributed by atoms with van der Waals surface area (Å²) < 4.78 is 31.6. The number of rotatable bonds is 4. The molecule has 1 aromatic rings. The Morgan fingerprint density at radius 2 is 1.95 bits per heavy atom. The normalized spacial score (nSPS) is 23.4. The van der Waals surface area contributed by atoms with Gasteiger partial charge in [0.15, 0.2) is 0 Å². The molecule has 1 fully saturated rings. The SMILES string of the molecule is Cc1ccc(S(=O)(=O)NC2COCC2C(=O)O)cc1. The molecular weight excluding hydrogens is 270 g/mol. The van der Waals surface area contributed by atoms with Crippen molar-refractivity contribution in [3.8, 4) is 0 Å². The summed E-state index contributed by atoms with van der Waals surface area (Å²) >= 11 is 0. The minimum absolute atomic E-state index is 0.0242. The maximum absolute atomic E-state index is 12.1. The fraction of sp³-hybridized carbons (Fsp3) is 0.417. The number of aryl methyl sites for hydroxylation is 1. The van der Waals surface area contributed by atoms with E-state index in [4.69, 9.17) is 9.84 Å². The Morgan fingerprint density at radius 1 is 1.32 bits per heavy atom. The van der Waals surface area contributed by atoms with Crippen molar-refractivity contribution in [2.45, 2.75) is 17.9 Å². The van der Waals surface area contributed by atoms with Crippen LogP contribution in [0, 0.1) is 12.8 Å². The van der Waals surface area contributed by atoms with Crippen LogP contribution in [0.2, 0.25) is 0 Å². The van der Waals surface area contributed by atoms with E-state index in [2.05, 4.69) is 4.72 Å². The highest BCUT2D eigenvalue weighted by molar-refractivity contribution is 7.89. The quantitative estimate of drug-likeness (QED) is 0.834. The van der Waals surface area contributed by atoms with Gasteiger partial charge >= 0.3 is 5.97 Å². The molecule has 6 nitrogen and oxygen atoms in total. The van der Waals surface area contributed by atoms with E-state index in [0.717, 1.165) is 5.56 Å². The molecule has 1 aromatic carbocycles.